The average Bonchev–Trinajstić information content (AvgIpc) is 2.48. The molecule has 0 unspecified atom stereocenters. The number of halogens is 1. The minimum absolute atomic E-state index is 0.00577. The Labute approximate surface area is 137 Å². The first-order valence-electron chi connectivity index (χ1n) is 7.66. The van der Waals surface area contributed by atoms with E-state index in [1.54, 1.807) is 0 Å². The van der Waals surface area contributed by atoms with E-state index in [0.717, 1.165) is 19.3 Å². The van der Waals surface area contributed by atoms with Crippen LogP contribution in [0.1, 0.15) is 39.0 Å². The second-order valence-electron chi connectivity index (χ2n) is 5.96. The van der Waals surface area contributed by atoms with Crippen LogP contribution in [0.5, 0.6) is 0 Å². The van der Waals surface area contributed by atoms with Gasteiger partial charge in [0.1, 0.15) is 0 Å². The second kappa shape index (κ2) is 7.47. The molecule has 0 aliphatic heterocycles. The maximum atomic E-state index is 12.2. The highest BCUT2D eigenvalue weighted by atomic mass is 35.5. The van der Waals surface area contributed by atoms with E-state index in [-0.39, 0.29) is 29.0 Å². The average molecular weight is 344 g/mol. The summed E-state index contributed by atoms with van der Waals surface area (Å²) < 4.78 is 24.4. The maximum absolute atomic E-state index is 12.2. The van der Waals surface area contributed by atoms with E-state index in [4.69, 9.17) is 11.6 Å². The molecule has 1 aromatic carbocycles. The van der Waals surface area contributed by atoms with Crippen molar-refractivity contribution in [1.29, 1.82) is 0 Å². The van der Waals surface area contributed by atoms with Gasteiger partial charge in [0, 0.05) is 17.5 Å². The monoisotopic (exact) mass is 343 g/mol. The fraction of sp³-hybridized carbons (Fsp3) is 0.562. The zero-order valence-electron chi connectivity index (χ0n) is 12.7. The van der Waals surface area contributed by atoms with E-state index in [0.29, 0.717) is 10.9 Å². The molecule has 1 aromatic rings. The predicted octanol–water partition coefficient (Wildman–Crippen LogP) is 3.20. The Morgan fingerprint density at radius 2 is 1.86 bits per heavy atom. The van der Waals surface area contributed by atoms with Crippen molar-refractivity contribution in [3.63, 3.8) is 0 Å². The van der Waals surface area contributed by atoms with Gasteiger partial charge in [-0.2, -0.15) is 0 Å². The van der Waals surface area contributed by atoms with Crippen LogP contribution in [0.25, 0.3) is 0 Å². The molecule has 1 amide bonds. The number of carbonyl (C=O) groups excluding carboxylic acids is 1. The van der Waals surface area contributed by atoms with Crippen molar-refractivity contribution in [2.45, 2.75) is 50.0 Å². The van der Waals surface area contributed by atoms with Crippen molar-refractivity contribution in [2.24, 2.45) is 5.92 Å². The number of nitrogens with one attached hydrogen (secondary N) is 1. The van der Waals surface area contributed by atoms with Crippen LogP contribution in [0.15, 0.2) is 29.2 Å². The number of hydrogen-bond acceptors (Lipinski definition) is 3. The van der Waals surface area contributed by atoms with Gasteiger partial charge in [0.15, 0.2) is 9.84 Å². The van der Waals surface area contributed by atoms with Crippen LogP contribution in [0.4, 0.5) is 0 Å². The van der Waals surface area contributed by atoms with Gasteiger partial charge in [-0.1, -0.05) is 31.4 Å². The molecular formula is C16H22ClNO3S. The van der Waals surface area contributed by atoms with Crippen molar-refractivity contribution in [3.8, 4) is 0 Å². The van der Waals surface area contributed by atoms with Gasteiger partial charge in [-0.15, -0.1) is 0 Å². The second-order valence-corrected chi connectivity index (χ2v) is 8.50. The number of carbonyl (C=O) groups is 1. The molecule has 1 aliphatic rings. The highest BCUT2D eigenvalue weighted by Crippen LogP contribution is 2.23. The molecule has 4 nitrogen and oxygen atoms in total. The van der Waals surface area contributed by atoms with Gasteiger partial charge in [-0.3, -0.25) is 4.79 Å². The van der Waals surface area contributed by atoms with Crippen molar-refractivity contribution < 1.29 is 13.2 Å². The summed E-state index contributed by atoms with van der Waals surface area (Å²) in [6.45, 7) is 2.13. The SMILES string of the molecule is C[C@@H]1CCCC[C@H]1NC(=O)CCS(=O)(=O)c1ccc(Cl)cc1. The summed E-state index contributed by atoms with van der Waals surface area (Å²) in [7, 11) is -3.45. The first-order chi connectivity index (χ1) is 10.4. The molecule has 2 rings (SSSR count). The molecule has 0 spiro atoms. The van der Waals surface area contributed by atoms with Crippen LogP contribution in [0.2, 0.25) is 5.02 Å². The lowest BCUT2D eigenvalue weighted by molar-refractivity contribution is -0.122. The number of rotatable bonds is 5. The van der Waals surface area contributed by atoms with Crippen molar-refractivity contribution in [3.05, 3.63) is 29.3 Å². The fourth-order valence-electron chi connectivity index (χ4n) is 2.80. The summed E-state index contributed by atoms with van der Waals surface area (Å²) in [6, 6.07) is 6.20. The smallest absolute Gasteiger partial charge is 0.221 e. The van der Waals surface area contributed by atoms with Gasteiger partial charge >= 0.3 is 0 Å². The number of amides is 1. The first kappa shape index (κ1) is 17.3. The van der Waals surface area contributed by atoms with E-state index in [2.05, 4.69) is 12.2 Å². The van der Waals surface area contributed by atoms with Crippen LogP contribution in [0, 0.1) is 5.92 Å². The lowest BCUT2D eigenvalue weighted by Gasteiger charge is -2.29. The van der Waals surface area contributed by atoms with Crippen LogP contribution >= 0.6 is 11.6 Å². The molecule has 1 saturated carbocycles. The molecule has 22 heavy (non-hydrogen) atoms. The predicted molar refractivity (Wildman–Crippen MR) is 87.7 cm³/mol. The van der Waals surface area contributed by atoms with Crippen LogP contribution in [-0.4, -0.2) is 26.1 Å². The van der Waals surface area contributed by atoms with Gasteiger partial charge in [-0.25, -0.2) is 8.42 Å². The molecule has 0 radical (unpaired) electrons. The normalized spacial score (nSPS) is 22.3. The zero-order chi connectivity index (χ0) is 16.2. The summed E-state index contributed by atoms with van der Waals surface area (Å²) in [5, 5.41) is 3.47. The highest BCUT2D eigenvalue weighted by Gasteiger charge is 2.23. The maximum Gasteiger partial charge on any atom is 0.221 e. The molecule has 1 fully saturated rings. The van der Waals surface area contributed by atoms with E-state index in [9.17, 15) is 13.2 Å². The van der Waals surface area contributed by atoms with Crippen LogP contribution in [-0.2, 0) is 14.6 Å². The number of sulfone groups is 1. The molecular weight excluding hydrogens is 322 g/mol. The number of benzene rings is 1. The van der Waals surface area contributed by atoms with E-state index >= 15 is 0 Å². The lowest BCUT2D eigenvalue weighted by atomic mass is 9.86. The molecule has 0 bridgehead atoms. The summed E-state index contributed by atoms with van der Waals surface area (Å²) in [5.74, 6) is 0.100. The Bertz CT molecular complexity index is 613. The molecule has 1 N–H and O–H groups in total. The van der Waals surface area contributed by atoms with E-state index < -0.39 is 9.84 Å². The summed E-state index contributed by atoms with van der Waals surface area (Å²) in [5.41, 5.74) is 0. The quantitative estimate of drug-likeness (QED) is 0.893. The van der Waals surface area contributed by atoms with E-state index in [1.807, 2.05) is 0 Å². The highest BCUT2D eigenvalue weighted by molar-refractivity contribution is 7.91. The Hall–Kier alpha value is -1.07. The third kappa shape index (κ3) is 4.71. The molecule has 122 valence electrons. The third-order valence-electron chi connectivity index (χ3n) is 4.23. The molecule has 1 aliphatic carbocycles. The topological polar surface area (TPSA) is 63.2 Å². The Kier molecular flexibility index (Phi) is 5.87. The standard InChI is InChI=1S/C16H22ClNO3S/c1-12-4-2-3-5-15(12)18-16(19)10-11-22(20,21)14-8-6-13(17)7-9-14/h6-9,12,15H,2-5,10-11H2,1H3,(H,18,19)/t12-,15-/m1/s1. The number of hydrogen-bond donors (Lipinski definition) is 1. The zero-order valence-corrected chi connectivity index (χ0v) is 14.3. The lowest BCUT2D eigenvalue weighted by Crippen LogP contribution is -2.41. The molecule has 0 saturated heterocycles. The molecule has 2 atom stereocenters. The van der Waals surface area contributed by atoms with Gasteiger partial charge in [0.25, 0.3) is 0 Å². The molecule has 0 heterocycles. The first-order valence-corrected chi connectivity index (χ1v) is 9.69. The van der Waals surface area contributed by atoms with Crippen molar-refractivity contribution >= 4 is 27.3 Å². The summed E-state index contributed by atoms with van der Waals surface area (Å²) in [6.07, 6.45) is 4.43. The van der Waals surface area contributed by atoms with E-state index in [1.165, 1.54) is 30.7 Å². The van der Waals surface area contributed by atoms with Gasteiger partial charge in [0.05, 0.1) is 10.6 Å². The van der Waals surface area contributed by atoms with Crippen LogP contribution in [0.3, 0.4) is 0 Å². The minimum atomic E-state index is -3.45. The fourth-order valence-corrected chi connectivity index (χ4v) is 4.16. The van der Waals surface area contributed by atoms with Crippen molar-refractivity contribution in [1.82, 2.24) is 5.32 Å². The Morgan fingerprint density at radius 3 is 2.50 bits per heavy atom. The minimum Gasteiger partial charge on any atom is -0.353 e. The molecule has 6 heteroatoms. The molecule has 0 aromatic heterocycles. The van der Waals surface area contributed by atoms with Crippen molar-refractivity contribution in [2.75, 3.05) is 5.75 Å². The Morgan fingerprint density at radius 1 is 1.23 bits per heavy atom. The largest absolute Gasteiger partial charge is 0.353 e. The van der Waals surface area contributed by atoms with Gasteiger partial charge < -0.3 is 5.32 Å². The van der Waals surface area contributed by atoms with Crippen LogP contribution < -0.4 is 5.32 Å². The summed E-state index contributed by atoms with van der Waals surface area (Å²) in [4.78, 5) is 12.2. The van der Waals surface area contributed by atoms with Gasteiger partial charge in [0.2, 0.25) is 5.91 Å². The third-order valence-corrected chi connectivity index (χ3v) is 6.21. The Balaban J connectivity index is 1.88. The van der Waals surface area contributed by atoms with Gasteiger partial charge in [-0.05, 0) is 43.0 Å². The summed E-state index contributed by atoms with van der Waals surface area (Å²) >= 11 is 5.75.